The second-order valence-electron chi connectivity index (χ2n) is 5.94. The molecule has 0 fully saturated rings. The van der Waals surface area contributed by atoms with Crippen molar-refractivity contribution in [1.29, 1.82) is 0 Å². The molecule has 0 bridgehead atoms. The Morgan fingerprint density at radius 2 is 2.22 bits per heavy atom. The Kier molecular flexibility index (Phi) is 3.31. The molecular weight excluding hydrogens is 290 g/mol. The lowest BCUT2D eigenvalue weighted by atomic mass is 9.97. The van der Waals surface area contributed by atoms with Crippen LogP contribution in [0.3, 0.4) is 0 Å². The summed E-state index contributed by atoms with van der Waals surface area (Å²) in [6.45, 7) is 1.79. The number of amides is 1. The van der Waals surface area contributed by atoms with Gasteiger partial charge in [-0.25, -0.2) is 0 Å². The minimum Gasteiger partial charge on any atom is -0.322 e. The van der Waals surface area contributed by atoms with Crippen LogP contribution in [0.4, 0.5) is 5.69 Å². The van der Waals surface area contributed by atoms with E-state index in [1.54, 1.807) is 12.4 Å². The van der Waals surface area contributed by atoms with Crippen LogP contribution in [-0.2, 0) is 13.0 Å². The number of fused-ring (bicyclic) bond motifs is 2. The molecular formula is C17H17N5O. The molecule has 0 saturated carbocycles. The quantitative estimate of drug-likeness (QED) is 0.761. The fourth-order valence-electron chi connectivity index (χ4n) is 3.05. The molecule has 2 N–H and O–H groups in total. The molecule has 1 amide bonds. The third-order valence-electron chi connectivity index (χ3n) is 4.27. The van der Waals surface area contributed by atoms with Crippen molar-refractivity contribution in [1.82, 2.24) is 20.1 Å². The van der Waals surface area contributed by atoms with E-state index in [2.05, 4.69) is 32.4 Å². The Morgan fingerprint density at radius 1 is 1.30 bits per heavy atom. The van der Waals surface area contributed by atoms with Crippen molar-refractivity contribution in [2.75, 3.05) is 18.9 Å². The average Bonchev–Trinajstić information content (AvgIpc) is 3.01. The van der Waals surface area contributed by atoms with Crippen LogP contribution in [0.15, 0.2) is 36.8 Å². The Hall–Kier alpha value is -2.73. The van der Waals surface area contributed by atoms with Gasteiger partial charge < -0.3 is 10.2 Å². The fourth-order valence-corrected chi connectivity index (χ4v) is 3.05. The summed E-state index contributed by atoms with van der Waals surface area (Å²) in [6, 6.07) is 5.69. The van der Waals surface area contributed by atoms with E-state index in [0.717, 1.165) is 47.2 Å². The smallest absolute Gasteiger partial charge is 0.257 e. The molecule has 0 radical (unpaired) electrons. The summed E-state index contributed by atoms with van der Waals surface area (Å²) in [7, 11) is 2.08. The molecule has 1 aromatic carbocycles. The first-order valence-corrected chi connectivity index (χ1v) is 7.59. The molecule has 0 spiro atoms. The third kappa shape index (κ3) is 2.57. The molecule has 6 nitrogen and oxygen atoms in total. The maximum atomic E-state index is 12.7. The van der Waals surface area contributed by atoms with Crippen LogP contribution in [0.2, 0.25) is 0 Å². The first-order chi connectivity index (χ1) is 11.2. The van der Waals surface area contributed by atoms with Crippen LogP contribution in [0.5, 0.6) is 0 Å². The van der Waals surface area contributed by atoms with Gasteiger partial charge in [-0.15, -0.1) is 0 Å². The maximum absolute atomic E-state index is 12.7. The van der Waals surface area contributed by atoms with Crippen molar-refractivity contribution in [3.05, 3.63) is 53.5 Å². The average molecular weight is 307 g/mol. The maximum Gasteiger partial charge on any atom is 0.257 e. The second-order valence-corrected chi connectivity index (χ2v) is 5.94. The van der Waals surface area contributed by atoms with Gasteiger partial charge in [-0.05, 0) is 42.8 Å². The number of aromatic nitrogens is 3. The predicted octanol–water partition coefficient (Wildman–Crippen LogP) is 2.20. The van der Waals surface area contributed by atoms with Crippen molar-refractivity contribution in [3.63, 3.8) is 0 Å². The molecule has 3 aromatic rings. The van der Waals surface area contributed by atoms with E-state index < -0.39 is 0 Å². The molecule has 1 aliphatic rings. The number of hydrogen-bond acceptors (Lipinski definition) is 4. The SMILES string of the molecule is CN1CCc2c(cncc2C(=O)Nc2ccc3[nH]ncc3c2)C1. The number of carbonyl (C=O) groups excluding carboxylic acids is 1. The van der Waals surface area contributed by atoms with E-state index in [0.29, 0.717) is 5.56 Å². The molecule has 23 heavy (non-hydrogen) atoms. The number of anilines is 1. The second kappa shape index (κ2) is 5.48. The van der Waals surface area contributed by atoms with Crippen LogP contribution in [0.1, 0.15) is 21.5 Å². The number of likely N-dealkylation sites (N-methyl/N-ethyl adjacent to an activating group) is 1. The van der Waals surface area contributed by atoms with Gasteiger partial charge in [-0.3, -0.25) is 14.9 Å². The van der Waals surface area contributed by atoms with Gasteiger partial charge in [-0.2, -0.15) is 5.10 Å². The van der Waals surface area contributed by atoms with Gasteiger partial charge in [0.1, 0.15) is 0 Å². The Labute approximate surface area is 133 Å². The monoisotopic (exact) mass is 307 g/mol. The molecule has 0 unspecified atom stereocenters. The zero-order chi connectivity index (χ0) is 15.8. The number of H-pyrrole nitrogens is 1. The van der Waals surface area contributed by atoms with E-state index in [9.17, 15) is 4.79 Å². The van der Waals surface area contributed by atoms with Gasteiger partial charge in [0.15, 0.2) is 0 Å². The minimum atomic E-state index is -0.109. The highest BCUT2D eigenvalue weighted by atomic mass is 16.1. The highest BCUT2D eigenvalue weighted by molar-refractivity contribution is 6.06. The molecule has 116 valence electrons. The van der Waals surface area contributed by atoms with Crippen LogP contribution in [0, 0.1) is 0 Å². The summed E-state index contributed by atoms with van der Waals surface area (Å²) in [6.07, 6.45) is 6.14. The normalized spacial score (nSPS) is 14.7. The summed E-state index contributed by atoms with van der Waals surface area (Å²) >= 11 is 0. The Bertz CT molecular complexity index is 886. The molecule has 6 heteroatoms. The van der Waals surface area contributed by atoms with E-state index in [1.165, 1.54) is 0 Å². The summed E-state index contributed by atoms with van der Waals surface area (Å²) in [5, 5.41) is 10.8. The molecule has 0 aliphatic carbocycles. The molecule has 0 saturated heterocycles. The van der Waals surface area contributed by atoms with Crippen molar-refractivity contribution in [2.45, 2.75) is 13.0 Å². The Morgan fingerprint density at radius 3 is 3.13 bits per heavy atom. The van der Waals surface area contributed by atoms with Crippen molar-refractivity contribution >= 4 is 22.5 Å². The lowest BCUT2D eigenvalue weighted by Crippen LogP contribution is -2.29. The predicted molar refractivity (Wildman–Crippen MR) is 88.3 cm³/mol. The number of nitrogens with one attached hydrogen (secondary N) is 2. The highest BCUT2D eigenvalue weighted by Gasteiger charge is 2.20. The molecule has 1 aliphatic heterocycles. The van der Waals surface area contributed by atoms with Crippen LogP contribution in [-0.4, -0.2) is 39.6 Å². The van der Waals surface area contributed by atoms with Gasteiger partial charge in [0.2, 0.25) is 0 Å². The molecule has 3 heterocycles. The van der Waals surface area contributed by atoms with Crippen LogP contribution < -0.4 is 5.32 Å². The van der Waals surface area contributed by atoms with Gasteiger partial charge in [0, 0.05) is 36.6 Å². The number of pyridine rings is 1. The highest BCUT2D eigenvalue weighted by Crippen LogP contribution is 2.22. The number of hydrogen-bond donors (Lipinski definition) is 2. The first-order valence-electron chi connectivity index (χ1n) is 7.59. The lowest BCUT2D eigenvalue weighted by Gasteiger charge is -2.26. The summed E-state index contributed by atoms with van der Waals surface area (Å²) < 4.78 is 0. The third-order valence-corrected chi connectivity index (χ3v) is 4.27. The zero-order valence-corrected chi connectivity index (χ0v) is 12.8. The standard InChI is InChI=1S/C17H17N5O/c1-22-5-4-14-12(10-22)7-18-9-15(14)17(23)20-13-2-3-16-11(6-13)8-19-21-16/h2-3,6-9H,4-5,10H2,1H3,(H,19,21)(H,20,23). The van der Waals surface area contributed by atoms with E-state index in [-0.39, 0.29) is 5.91 Å². The van der Waals surface area contributed by atoms with Gasteiger partial charge in [-0.1, -0.05) is 0 Å². The number of carbonyl (C=O) groups is 1. The number of aromatic amines is 1. The van der Waals surface area contributed by atoms with E-state index in [4.69, 9.17) is 0 Å². The molecule has 4 rings (SSSR count). The summed E-state index contributed by atoms with van der Waals surface area (Å²) in [5.41, 5.74) is 4.62. The van der Waals surface area contributed by atoms with E-state index in [1.807, 2.05) is 24.4 Å². The summed E-state index contributed by atoms with van der Waals surface area (Å²) in [4.78, 5) is 19.1. The molecule has 2 aromatic heterocycles. The van der Waals surface area contributed by atoms with Crippen LogP contribution >= 0.6 is 0 Å². The topological polar surface area (TPSA) is 73.9 Å². The van der Waals surface area contributed by atoms with Gasteiger partial charge in [0.05, 0.1) is 17.3 Å². The number of rotatable bonds is 2. The van der Waals surface area contributed by atoms with Gasteiger partial charge >= 0.3 is 0 Å². The largest absolute Gasteiger partial charge is 0.322 e. The zero-order valence-electron chi connectivity index (χ0n) is 12.8. The van der Waals surface area contributed by atoms with Gasteiger partial charge in [0.25, 0.3) is 5.91 Å². The van der Waals surface area contributed by atoms with Crippen molar-refractivity contribution in [3.8, 4) is 0 Å². The Balaban J connectivity index is 1.63. The summed E-state index contributed by atoms with van der Waals surface area (Å²) in [5.74, 6) is -0.109. The number of nitrogens with zero attached hydrogens (tertiary/aromatic N) is 3. The first kappa shape index (κ1) is 13.9. The fraction of sp³-hybridized carbons (Fsp3) is 0.235. The van der Waals surface area contributed by atoms with E-state index >= 15 is 0 Å². The molecule has 0 atom stereocenters. The lowest BCUT2D eigenvalue weighted by molar-refractivity contribution is 0.102. The van der Waals surface area contributed by atoms with Crippen molar-refractivity contribution < 1.29 is 4.79 Å². The number of benzene rings is 1. The van der Waals surface area contributed by atoms with Crippen LogP contribution in [0.25, 0.3) is 10.9 Å². The minimum absolute atomic E-state index is 0.109. The van der Waals surface area contributed by atoms with Crippen molar-refractivity contribution in [2.24, 2.45) is 0 Å².